The molecule has 4 heteroatoms. The lowest BCUT2D eigenvalue weighted by Gasteiger charge is -2.19. The van der Waals surface area contributed by atoms with Gasteiger partial charge in [0, 0.05) is 44.3 Å². The summed E-state index contributed by atoms with van der Waals surface area (Å²) in [6, 6.07) is 0. The van der Waals surface area contributed by atoms with E-state index in [0.29, 0.717) is 24.4 Å². The van der Waals surface area contributed by atoms with E-state index in [2.05, 4.69) is 45.1 Å². The van der Waals surface area contributed by atoms with Crippen LogP contribution in [0.5, 0.6) is 0 Å². The number of carbonyl (C=O) groups is 2. The van der Waals surface area contributed by atoms with Crippen molar-refractivity contribution in [2.45, 2.75) is 222 Å². The zero-order valence-electron chi connectivity index (χ0n) is 33.5. The van der Waals surface area contributed by atoms with Crippen molar-refractivity contribution in [3.8, 4) is 0 Å². The van der Waals surface area contributed by atoms with E-state index in [1.54, 1.807) is 0 Å². The monoisotopic (exact) mass is 677 g/mol. The SMILES string of the molecule is CCCCC/C=C\C/C=C\CCCCCCCC(=O)C(C)C.CCCCCCCCOC(CCC(=O)C(C)C)OCCCCCCCC. The highest BCUT2D eigenvalue weighted by molar-refractivity contribution is 5.80. The summed E-state index contributed by atoms with van der Waals surface area (Å²) in [6.07, 6.45) is 39.9. The van der Waals surface area contributed by atoms with Crippen LogP contribution in [0.4, 0.5) is 0 Å². The van der Waals surface area contributed by atoms with Crippen LogP contribution in [0.3, 0.4) is 0 Å². The van der Waals surface area contributed by atoms with Crippen molar-refractivity contribution in [3.63, 3.8) is 0 Å². The van der Waals surface area contributed by atoms with Gasteiger partial charge in [-0.3, -0.25) is 9.59 Å². The number of ketones is 2. The van der Waals surface area contributed by atoms with E-state index < -0.39 is 0 Å². The second-order valence-corrected chi connectivity index (χ2v) is 14.5. The Balaban J connectivity index is 0. The number of ether oxygens (including phenoxy) is 2. The van der Waals surface area contributed by atoms with Gasteiger partial charge in [-0.2, -0.15) is 0 Å². The molecule has 284 valence electrons. The predicted molar refractivity (Wildman–Crippen MR) is 211 cm³/mol. The Morgan fingerprint density at radius 1 is 0.458 bits per heavy atom. The molecule has 0 aromatic rings. The second kappa shape index (κ2) is 40.2. The molecule has 4 nitrogen and oxygen atoms in total. The van der Waals surface area contributed by atoms with Crippen molar-refractivity contribution < 1.29 is 19.1 Å². The summed E-state index contributed by atoms with van der Waals surface area (Å²) in [5.41, 5.74) is 0. The molecule has 0 amide bonds. The van der Waals surface area contributed by atoms with Gasteiger partial charge in [0.1, 0.15) is 11.6 Å². The van der Waals surface area contributed by atoms with Crippen LogP contribution in [0.15, 0.2) is 24.3 Å². The van der Waals surface area contributed by atoms with Gasteiger partial charge in [-0.05, 0) is 51.4 Å². The van der Waals surface area contributed by atoms with E-state index in [0.717, 1.165) is 45.3 Å². The Morgan fingerprint density at radius 3 is 1.31 bits per heavy atom. The van der Waals surface area contributed by atoms with Crippen LogP contribution in [0.1, 0.15) is 215 Å². The van der Waals surface area contributed by atoms with Crippen LogP contribution in [0, 0.1) is 11.8 Å². The fourth-order valence-corrected chi connectivity index (χ4v) is 5.36. The van der Waals surface area contributed by atoms with Crippen LogP contribution >= 0.6 is 0 Å². The number of Topliss-reactive ketones (excluding diaryl/α,β-unsaturated/α-hetero) is 2. The quantitative estimate of drug-likeness (QED) is 0.0381. The first-order chi connectivity index (χ1) is 23.3. The minimum Gasteiger partial charge on any atom is -0.353 e. The van der Waals surface area contributed by atoms with Crippen molar-refractivity contribution in [2.24, 2.45) is 11.8 Å². The topological polar surface area (TPSA) is 52.6 Å². The Kier molecular flexibility index (Phi) is 40.9. The third-order valence-corrected chi connectivity index (χ3v) is 8.89. The molecular formula is C44H84O4. The summed E-state index contributed by atoms with van der Waals surface area (Å²) < 4.78 is 11.9. The maximum Gasteiger partial charge on any atom is 0.157 e. The summed E-state index contributed by atoms with van der Waals surface area (Å²) >= 11 is 0. The number of hydrogen-bond acceptors (Lipinski definition) is 4. The molecule has 0 aliphatic rings. The smallest absolute Gasteiger partial charge is 0.157 e. The number of allylic oxidation sites excluding steroid dienone is 4. The molecule has 0 rings (SSSR count). The van der Waals surface area contributed by atoms with E-state index in [1.807, 2.05) is 27.7 Å². The normalized spacial score (nSPS) is 11.8. The van der Waals surface area contributed by atoms with Crippen molar-refractivity contribution in [3.05, 3.63) is 24.3 Å². The number of hydrogen-bond donors (Lipinski definition) is 0. The molecular weight excluding hydrogens is 592 g/mol. The van der Waals surface area contributed by atoms with E-state index in [-0.39, 0.29) is 18.1 Å². The van der Waals surface area contributed by atoms with Crippen LogP contribution in [-0.2, 0) is 19.1 Å². The van der Waals surface area contributed by atoms with Gasteiger partial charge in [0.15, 0.2) is 6.29 Å². The summed E-state index contributed by atoms with van der Waals surface area (Å²) in [5, 5.41) is 0. The lowest BCUT2D eigenvalue weighted by Crippen LogP contribution is -2.21. The fraction of sp³-hybridized carbons (Fsp3) is 0.864. The molecule has 0 spiro atoms. The Morgan fingerprint density at radius 2 is 0.833 bits per heavy atom. The summed E-state index contributed by atoms with van der Waals surface area (Å²) in [5.74, 6) is 1.05. The average Bonchev–Trinajstić information content (AvgIpc) is 3.07. The van der Waals surface area contributed by atoms with Gasteiger partial charge in [0.25, 0.3) is 0 Å². The summed E-state index contributed by atoms with van der Waals surface area (Å²) in [7, 11) is 0. The first kappa shape index (κ1) is 48.9. The van der Waals surface area contributed by atoms with Gasteiger partial charge in [-0.1, -0.05) is 169 Å². The fourth-order valence-electron chi connectivity index (χ4n) is 5.36. The van der Waals surface area contributed by atoms with Gasteiger partial charge < -0.3 is 9.47 Å². The minimum atomic E-state index is -0.205. The lowest BCUT2D eigenvalue weighted by molar-refractivity contribution is -0.151. The zero-order chi connectivity index (χ0) is 35.9. The molecule has 0 atom stereocenters. The first-order valence-corrected chi connectivity index (χ1v) is 20.9. The van der Waals surface area contributed by atoms with E-state index >= 15 is 0 Å². The van der Waals surface area contributed by atoms with Crippen LogP contribution in [0.25, 0.3) is 0 Å². The molecule has 0 heterocycles. The summed E-state index contributed by atoms with van der Waals surface area (Å²) in [4.78, 5) is 23.4. The predicted octanol–water partition coefficient (Wildman–Crippen LogP) is 14.1. The lowest BCUT2D eigenvalue weighted by atomic mass is 10.0. The third kappa shape index (κ3) is 39.2. The van der Waals surface area contributed by atoms with Crippen LogP contribution < -0.4 is 0 Å². The Bertz CT molecular complexity index is 705. The third-order valence-electron chi connectivity index (χ3n) is 8.89. The number of unbranched alkanes of at least 4 members (excludes halogenated alkanes) is 18. The maximum atomic E-state index is 11.9. The summed E-state index contributed by atoms with van der Waals surface area (Å²) in [6.45, 7) is 16.2. The van der Waals surface area contributed by atoms with Crippen LogP contribution in [0.2, 0.25) is 0 Å². The molecule has 0 saturated heterocycles. The zero-order valence-corrected chi connectivity index (χ0v) is 33.5. The highest BCUT2D eigenvalue weighted by atomic mass is 16.7. The standard InChI is InChI=1S/C23H46O3.C21H38O/c1-5-7-9-11-13-15-19-25-23(18-17-22(24)21(3)4)26-20-16-14-12-10-8-6-2;1-4-5-6-7-8-9-10-11-12-13-14-15-16-17-18-19-21(22)20(2)3/h21,23H,5-20H2,1-4H3;8-9,11-12,20H,4-7,10,13-19H2,1-3H3/b;9-8-,12-11-. The van der Waals surface area contributed by atoms with E-state index in [4.69, 9.17) is 9.47 Å². The minimum absolute atomic E-state index is 0.104. The van der Waals surface area contributed by atoms with Crippen molar-refractivity contribution in [1.29, 1.82) is 0 Å². The van der Waals surface area contributed by atoms with Gasteiger partial charge in [0.05, 0.1) is 0 Å². The van der Waals surface area contributed by atoms with Crippen molar-refractivity contribution >= 4 is 11.6 Å². The molecule has 0 bridgehead atoms. The van der Waals surface area contributed by atoms with Crippen molar-refractivity contribution in [2.75, 3.05) is 13.2 Å². The van der Waals surface area contributed by atoms with Crippen molar-refractivity contribution in [1.82, 2.24) is 0 Å². The molecule has 0 radical (unpaired) electrons. The van der Waals surface area contributed by atoms with E-state index in [1.165, 1.54) is 122 Å². The molecule has 0 N–H and O–H groups in total. The molecule has 0 aliphatic heterocycles. The number of rotatable bonds is 35. The molecule has 48 heavy (non-hydrogen) atoms. The number of carbonyl (C=O) groups excluding carboxylic acids is 2. The molecule has 0 aliphatic carbocycles. The maximum absolute atomic E-state index is 11.9. The highest BCUT2D eigenvalue weighted by Gasteiger charge is 2.14. The van der Waals surface area contributed by atoms with Gasteiger partial charge in [-0.15, -0.1) is 0 Å². The highest BCUT2D eigenvalue weighted by Crippen LogP contribution is 2.14. The molecule has 0 aromatic heterocycles. The largest absolute Gasteiger partial charge is 0.353 e. The van der Waals surface area contributed by atoms with Gasteiger partial charge >= 0.3 is 0 Å². The van der Waals surface area contributed by atoms with Crippen LogP contribution in [-0.4, -0.2) is 31.1 Å². The van der Waals surface area contributed by atoms with E-state index in [9.17, 15) is 9.59 Å². The Hall–Kier alpha value is -1.26. The molecule has 0 saturated carbocycles. The molecule has 0 unspecified atom stereocenters. The first-order valence-electron chi connectivity index (χ1n) is 20.9. The van der Waals surface area contributed by atoms with Gasteiger partial charge in [-0.25, -0.2) is 0 Å². The Labute approximate surface area is 301 Å². The average molecular weight is 677 g/mol. The molecule has 0 fully saturated rings. The van der Waals surface area contributed by atoms with Gasteiger partial charge in [0.2, 0.25) is 0 Å². The second-order valence-electron chi connectivity index (χ2n) is 14.5. The molecule has 0 aromatic carbocycles.